The largest absolute Gasteiger partial charge is 0.480 e. The van der Waals surface area contributed by atoms with E-state index >= 15 is 0 Å². The van der Waals surface area contributed by atoms with Gasteiger partial charge in [0.25, 0.3) is 0 Å². The van der Waals surface area contributed by atoms with E-state index in [0.29, 0.717) is 17.3 Å². The molecule has 8 heteroatoms. The van der Waals surface area contributed by atoms with Gasteiger partial charge in [-0.15, -0.1) is 11.8 Å². The van der Waals surface area contributed by atoms with Gasteiger partial charge in [0.2, 0.25) is 12.7 Å². The van der Waals surface area contributed by atoms with Gasteiger partial charge in [0.05, 0.1) is 5.25 Å². The predicted molar refractivity (Wildman–Crippen MR) is 76.7 cm³/mol. The fourth-order valence-corrected chi connectivity index (χ4v) is 2.87. The second-order valence-corrected chi connectivity index (χ2v) is 5.56. The lowest BCUT2D eigenvalue weighted by molar-refractivity contribution is -0.137. The average molecular weight is 315 g/mol. The van der Waals surface area contributed by atoms with Crippen LogP contribution in [0.1, 0.15) is 0 Å². The summed E-state index contributed by atoms with van der Waals surface area (Å²) in [5.74, 6) is 0.172. The van der Waals surface area contributed by atoms with E-state index in [9.17, 15) is 9.59 Å². The molecule has 1 unspecified atom stereocenters. The summed E-state index contributed by atoms with van der Waals surface area (Å²) in [6, 6.07) is 5.38. The Labute approximate surface area is 125 Å². The predicted octanol–water partition coefficient (Wildman–Crippen LogP) is 1.01. The van der Waals surface area contributed by atoms with Gasteiger partial charge in [-0.3, -0.25) is 9.59 Å². The molecular weight excluding hydrogens is 302 g/mol. The van der Waals surface area contributed by atoms with Gasteiger partial charge in [0.1, 0.15) is 6.54 Å². The number of fused-ring (bicyclic) bond motifs is 1. The van der Waals surface area contributed by atoms with Crippen molar-refractivity contribution in [1.82, 2.24) is 5.32 Å². The molecule has 0 bridgehead atoms. The van der Waals surface area contributed by atoms with E-state index in [2.05, 4.69) is 17.9 Å². The van der Waals surface area contributed by atoms with E-state index in [1.165, 1.54) is 11.8 Å². The van der Waals surface area contributed by atoms with Crippen LogP contribution in [0.2, 0.25) is 0 Å². The van der Waals surface area contributed by atoms with Crippen molar-refractivity contribution >= 4 is 36.3 Å². The maximum Gasteiger partial charge on any atom is 0.322 e. The molecule has 0 saturated heterocycles. The monoisotopic (exact) mass is 315 g/mol. The summed E-state index contributed by atoms with van der Waals surface area (Å²) < 4.78 is 10.5. The minimum atomic E-state index is -1.08. The molecule has 0 spiro atoms. The Balaban J connectivity index is 1.99. The third kappa shape index (κ3) is 3.73. The summed E-state index contributed by atoms with van der Waals surface area (Å²) in [6.45, 7) is -0.205. The van der Waals surface area contributed by atoms with Crippen LogP contribution < -0.4 is 14.8 Å². The normalized spacial score (nSPS) is 13.8. The summed E-state index contributed by atoms with van der Waals surface area (Å²) in [6.07, 6.45) is 0. The van der Waals surface area contributed by atoms with Gasteiger partial charge in [-0.25, -0.2) is 0 Å². The smallest absolute Gasteiger partial charge is 0.322 e. The fraction of sp³-hybridized carbons (Fsp3) is 0.333. The van der Waals surface area contributed by atoms with Crippen molar-refractivity contribution in [2.45, 2.75) is 10.1 Å². The summed E-state index contributed by atoms with van der Waals surface area (Å²) in [5, 5.41) is 10.4. The number of carbonyl (C=O) groups excluding carboxylic acids is 1. The highest BCUT2D eigenvalue weighted by atomic mass is 32.2. The minimum Gasteiger partial charge on any atom is -0.480 e. The number of aliphatic carboxylic acids is 1. The topological polar surface area (TPSA) is 84.9 Å². The second kappa shape index (κ2) is 6.76. The molecule has 20 heavy (non-hydrogen) atoms. The van der Waals surface area contributed by atoms with Gasteiger partial charge in [-0.05, 0) is 18.2 Å². The number of hydrogen-bond donors (Lipinski definition) is 3. The Kier molecular flexibility index (Phi) is 5.02. The molecule has 0 radical (unpaired) electrons. The Hall–Kier alpha value is -1.54. The highest BCUT2D eigenvalue weighted by Crippen LogP contribution is 2.36. The summed E-state index contributed by atoms with van der Waals surface area (Å²) >= 11 is 5.42. The number of rotatable bonds is 6. The Morgan fingerprint density at radius 1 is 1.40 bits per heavy atom. The first kappa shape index (κ1) is 14.9. The van der Waals surface area contributed by atoms with Crippen LogP contribution in [-0.4, -0.2) is 41.3 Å². The first-order valence-electron chi connectivity index (χ1n) is 5.77. The number of amides is 1. The second-order valence-electron chi connectivity index (χ2n) is 3.92. The number of carbonyl (C=O) groups is 2. The fourth-order valence-electron chi connectivity index (χ4n) is 1.56. The maximum atomic E-state index is 11.8. The van der Waals surface area contributed by atoms with Crippen LogP contribution in [0, 0.1) is 0 Å². The molecule has 0 aliphatic carbocycles. The lowest BCUT2D eigenvalue weighted by atomic mass is 10.3. The van der Waals surface area contributed by atoms with Crippen LogP contribution in [0.25, 0.3) is 0 Å². The van der Waals surface area contributed by atoms with Crippen LogP contribution in [0.15, 0.2) is 23.1 Å². The van der Waals surface area contributed by atoms with Crippen molar-refractivity contribution in [3.05, 3.63) is 18.2 Å². The van der Waals surface area contributed by atoms with E-state index in [1.807, 2.05) is 6.07 Å². The molecule has 6 nitrogen and oxygen atoms in total. The van der Waals surface area contributed by atoms with Crippen molar-refractivity contribution in [3.63, 3.8) is 0 Å². The Bertz CT molecular complexity index is 523. The number of nitrogens with one attached hydrogen (secondary N) is 1. The molecule has 1 aromatic rings. The Morgan fingerprint density at radius 3 is 2.85 bits per heavy atom. The molecule has 1 atom stereocenters. The lowest BCUT2D eigenvalue weighted by Crippen LogP contribution is -2.37. The molecule has 2 N–H and O–H groups in total. The molecule has 108 valence electrons. The van der Waals surface area contributed by atoms with Crippen molar-refractivity contribution in [1.29, 1.82) is 0 Å². The molecule has 0 fully saturated rings. The Morgan fingerprint density at radius 2 is 2.15 bits per heavy atom. The van der Waals surface area contributed by atoms with Gasteiger partial charge in [0.15, 0.2) is 11.5 Å². The number of thioether (sulfide) groups is 1. The molecule has 0 aromatic heterocycles. The van der Waals surface area contributed by atoms with E-state index in [0.717, 1.165) is 4.90 Å². The van der Waals surface area contributed by atoms with Crippen molar-refractivity contribution < 1.29 is 24.2 Å². The number of carboxylic acid groups (broad SMARTS) is 1. The zero-order chi connectivity index (χ0) is 14.5. The van der Waals surface area contributed by atoms with E-state index in [4.69, 9.17) is 14.6 Å². The third-order valence-electron chi connectivity index (χ3n) is 2.49. The van der Waals surface area contributed by atoms with E-state index in [-0.39, 0.29) is 12.7 Å². The quantitative estimate of drug-likeness (QED) is 0.537. The zero-order valence-electron chi connectivity index (χ0n) is 10.4. The van der Waals surface area contributed by atoms with Crippen LogP contribution in [-0.2, 0) is 9.59 Å². The first-order valence-corrected chi connectivity index (χ1v) is 7.28. The number of benzene rings is 1. The van der Waals surface area contributed by atoms with E-state index in [1.54, 1.807) is 12.1 Å². The number of thiol groups is 1. The molecule has 1 aromatic carbocycles. The van der Waals surface area contributed by atoms with Crippen LogP contribution in [0.3, 0.4) is 0 Å². The summed E-state index contributed by atoms with van der Waals surface area (Å²) in [4.78, 5) is 23.1. The maximum absolute atomic E-state index is 11.8. The van der Waals surface area contributed by atoms with Gasteiger partial charge in [0, 0.05) is 10.6 Å². The molecule has 0 saturated carbocycles. The molecule has 2 rings (SSSR count). The first-order chi connectivity index (χ1) is 9.60. The van der Waals surface area contributed by atoms with E-state index < -0.39 is 17.8 Å². The van der Waals surface area contributed by atoms with Gasteiger partial charge >= 0.3 is 5.97 Å². The molecule has 1 aliphatic heterocycles. The standard InChI is InChI=1S/C12H13NO5S2/c14-11(15)4-13-12(16)10(5-19)20-7-1-2-8-9(3-7)18-6-17-8/h1-3,10,19H,4-6H2,(H,13,16)(H,14,15). The molecule has 1 heterocycles. The number of hydrogen-bond acceptors (Lipinski definition) is 6. The number of carboxylic acids is 1. The van der Waals surface area contributed by atoms with Crippen LogP contribution in [0.4, 0.5) is 0 Å². The van der Waals surface area contributed by atoms with Crippen molar-refractivity contribution in [2.24, 2.45) is 0 Å². The molecular formula is C12H13NO5S2. The molecule has 1 amide bonds. The van der Waals surface area contributed by atoms with Crippen LogP contribution >= 0.6 is 24.4 Å². The highest BCUT2D eigenvalue weighted by Gasteiger charge is 2.20. The van der Waals surface area contributed by atoms with Gasteiger partial charge in [-0.1, -0.05) is 0 Å². The SMILES string of the molecule is O=C(O)CNC(=O)C(CS)Sc1ccc2c(c1)OCO2. The van der Waals surface area contributed by atoms with Crippen molar-refractivity contribution in [2.75, 3.05) is 19.1 Å². The highest BCUT2D eigenvalue weighted by molar-refractivity contribution is 8.01. The summed E-state index contributed by atoms with van der Waals surface area (Å²) in [7, 11) is 0. The van der Waals surface area contributed by atoms with Gasteiger partial charge in [-0.2, -0.15) is 12.6 Å². The lowest BCUT2D eigenvalue weighted by Gasteiger charge is -2.13. The number of ether oxygens (including phenoxy) is 2. The third-order valence-corrected chi connectivity index (χ3v) is 4.30. The zero-order valence-corrected chi connectivity index (χ0v) is 12.1. The van der Waals surface area contributed by atoms with Gasteiger partial charge < -0.3 is 19.9 Å². The minimum absolute atomic E-state index is 0.193. The van der Waals surface area contributed by atoms with Crippen molar-refractivity contribution in [3.8, 4) is 11.5 Å². The summed E-state index contributed by atoms with van der Waals surface area (Å²) in [5.41, 5.74) is 0. The van der Waals surface area contributed by atoms with Crippen LogP contribution in [0.5, 0.6) is 11.5 Å². The molecule has 1 aliphatic rings. The average Bonchev–Trinajstić information content (AvgIpc) is 2.89.